The Bertz CT molecular complexity index is 814. The molecule has 0 spiro atoms. The van der Waals surface area contributed by atoms with Crippen LogP contribution in [0, 0.1) is 0 Å². The molecule has 0 aliphatic carbocycles. The highest BCUT2D eigenvalue weighted by Crippen LogP contribution is 2.16. The fraction of sp³-hybridized carbons (Fsp3) is 0.0667. The summed E-state index contributed by atoms with van der Waals surface area (Å²) in [5, 5.41) is 3.79. The highest BCUT2D eigenvalue weighted by Gasteiger charge is 2.10. The maximum Gasteiger partial charge on any atom is 0.253 e. The van der Waals surface area contributed by atoms with E-state index in [-0.39, 0.29) is 5.91 Å². The molecule has 0 unspecified atom stereocenters. The SMILES string of the molecule is O=C(NCc1cn2c(Cl)cccc2n1)c1ccccc1Cl. The van der Waals surface area contributed by atoms with Crippen molar-refractivity contribution in [1.29, 1.82) is 0 Å². The van der Waals surface area contributed by atoms with Gasteiger partial charge in [0.15, 0.2) is 0 Å². The third kappa shape index (κ3) is 2.86. The number of amides is 1. The second-order valence-corrected chi connectivity index (χ2v) is 5.27. The van der Waals surface area contributed by atoms with Crippen molar-refractivity contribution in [2.75, 3.05) is 0 Å². The van der Waals surface area contributed by atoms with Gasteiger partial charge in [-0.05, 0) is 24.3 Å². The van der Waals surface area contributed by atoms with Gasteiger partial charge in [0.1, 0.15) is 10.8 Å². The van der Waals surface area contributed by atoms with Crippen molar-refractivity contribution >= 4 is 34.8 Å². The van der Waals surface area contributed by atoms with Gasteiger partial charge in [-0.15, -0.1) is 0 Å². The molecule has 0 saturated heterocycles. The summed E-state index contributed by atoms with van der Waals surface area (Å²) in [6.45, 7) is 0.308. The second kappa shape index (κ2) is 5.76. The van der Waals surface area contributed by atoms with Crippen LogP contribution in [0.2, 0.25) is 10.2 Å². The van der Waals surface area contributed by atoms with Crippen LogP contribution in [0.4, 0.5) is 0 Å². The second-order valence-electron chi connectivity index (χ2n) is 4.47. The van der Waals surface area contributed by atoms with Crippen LogP contribution in [-0.4, -0.2) is 15.3 Å². The predicted octanol–water partition coefficient (Wildman–Crippen LogP) is 3.57. The van der Waals surface area contributed by atoms with Gasteiger partial charge in [0.05, 0.1) is 22.8 Å². The summed E-state index contributed by atoms with van der Waals surface area (Å²) in [4.78, 5) is 16.5. The van der Waals surface area contributed by atoms with E-state index in [1.807, 2.05) is 12.1 Å². The first kappa shape index (κ1) is 13.9. The summed E-state index contributed by atoms with van der Waals surface area (Å²) in [7, 11) is 0. The van der Waals surface area contributed by atoms with Gasteiger partial charge in [0.25, 0.3) is 5.91 Å². The first-order valence-corrected chi connectivity index (χ1v) is 7.06. The molecule has 4 nitrogen and oxygen atoms in total. The van der Waals surface area contributed by atoms with E-state index < -0.39 is 0 Å². The van der Waals surface area contributed by atoms with Gasteiger partial charge in [0.2, 0.25) is 0 Å². The molecule has 0 fully saturated rings. The number of aromatic nitrogens is 2. The number of hydrogen-bond donors (Lipinski definition) is 1. The number of nitrogens with zero attached hydrogens (tertiary/aromatic N) is 2. The van der Waals surface area contributed by atoms with E-state index >= 15 is 0 Å². The van der Waals surface area contributed by atoms with Crippen LogP contribution in [-0.2, 0) is 6.54 Å². The Morgan fingerprint density at radius 2 is 1.95 bits per heavy atom. The average molecular weight is 320 g/mol. The molecule has 0 radical (unpaired) electrons. The van der Waals surface area contributed by atoms with Crippen molar-refractivity contribution in [3.8, 4) is 0 Å². The summed E-state index contributed by atoms with van der Waals surface area (Å²) in [6, 6.07) is 12.4. The Hall–Kier alpha value is -2.04. The van der Waals surface area contributed by atoms with Crippen molar-refractivity contribution in [3.05, 3.63) is 70.1 Å². The highest BCUT2D eigenvalue weighted by molar-refractivity contribution is 6.33. The lowest BCUT2D eigenvalue weighted by atomic mass is 10.2. The number of pyridine rings is 1. The van der Waals surface area contributed by atoms with Crippen molar-refractivity contribution in [1.82, 2.24) is 14.7 Å². The fourth-order valence-electron chi connectivity index (χ4n) is 2.02. The van der Waals surface area contributed by atoms with Crippen LogP contribution >= 0.6 is 23.2 Å². The lowest BCUT2D eigenvalue weighted by molar-refractivity contribution is 0.0950. The molecule has 3 aromatic rings. The molecule has 0 aliphatic heterocycles. The summed E-state index contributed by atoms with van der Waals surface area (Å²) in [5.41, 5.74) is 1.91. The summed E-state index contributed by atoms with van der Waals surface area (Å²) < 4.78 is 1.76. The number of rotatable bonds is 3. The third-order valence-corrected chi connectivity index (χ3v) is 3.68. The Balaban J connectivity index is 1.76. The molecule has 21 heavy (non-hydrogen) atoms. The topological polar surface area (TPSA) is 46.4 Å². The molecule has 106 valence electrons. The van der Waals surface area contributed by atoms with E-state index in [1.165, 1.54) is 0 Å². The Kier molecular flexibility index (Phi) is 3.82. The first-order chi connectivity index (χ1) is 10.1. The van der Waals surface area contributed by atoms with E-state index in [9.17, 15) is 4.79 Å². The molecule has 1 amide bonds. The molecule has 2 heterocycles. The molecular weight excluding hydrogens is 309 g/mol. The van der Waals surface area contributed by atoms with Gasteiger partial charge in [-0.1, -0.05) is 41.4 Å². The third-order valence-electron chi connectivity index (χ3n) is 3.04. The molecule has 1 aromatic carbocycles. The largest absolute Gasteiger partial charge is 0.346 e. The molecule has 0 bridgehead atoms. The number of nitrogens with one attached hydrogen (secondary N) is 1. The standard InChI is InChI=1S/C15H11Cl2N3O/c16-12-5-2-1-4-11(12)15(21)18-8-10-9-20-13(17)6-3-7-14(20)19-10/h1-7,9H,8H2,(H,18,21). The van der Waals surface area contributed by atoms with Gasteiger partial charge >= 0.3 is 0 Å². The van der Waals surface area contributed by atoms with Crippen LogP contribution in [0.15, 0.2) is 48.7 Å². The molecule has 3 rings (SSSR count). The Labute approximate surface area is 131 Å². The molecule has 6 heteroatoms. The minimum atomic E-state index is -0.233. The summed E-state index contributed by atoms with van der Waals surface area (Å²) in [5.74, 6) is -0.233. The number of carbonyl (C=O) groups is 1. The molecule has 1 N–H and O–H groups in total. The Morgan fingerprint density at radius 3 is 2.71 bits per heavy atom. The normalized spacial score (nSPS) is 10.8. The summed E-state index contributed by atoms with van der Waals surface area (Å²) >= 11 is 12.1. The quantitative estimate of drug-likeness (QED) is 0.750. The average Bonchev–Trinajstić information content (AvgIpc) is 2.90. The van der Waals surface area contributed by atoms with Crippen LogP contribution in [0.5, 0.6) is 0 Å². The monoisotopic (exact) mass is 319 g/mol. The van der Waals surface area contributed by atoms with Crippen molar-refractivity contribution in [3.63, 3.8) is 0 Å². The zero-order chi connectivity index (χ0) is 14.8. The van der Waals surface area contributed by atoms with Gasteiger partial charge < -0.3 is 5.32 Å². The highest BCUT2D eigenvalue weighted by atomic mass is 35.5. The smallest absolute Gasteiger partial charge is 0.253 e. The number of halogens is 2. The molecule has 2 aromatic heterocycles. The zero-order valence-corrected chi connectivity index (χ0v) is 12.4. The number of imidazole rings is 1. The van der Waals surface area contributed by atoms with Crippen molar-refractivity contribution in [2.24, 2.45) is 0 Å². The van der Waals surface area contributed by atoms with E-state index in [0.717, 1.165) is 11.3 Å². The number of benzene rings is 1. The maximum absolute atomic E-state index is 12.1. The van der Waals surface area contributed by atoms with E-state index in [0.29, 0.717) is 22.3 Å². The van der Waals surface area contributed by atoms with Crippen LogP contribution < -0.4 is 5.32 Å². The fourth-order valence-corrected chi connectivity index (χ4v) is 2.45. The lowest BCUT2D eigenvalue weighted by Gasteiger charge is -2.04. The van der Waals surface area contributed by atoms with Crippen LogP contribution in [0.25, 0.3) is 5.65 Å². The van der Waals surface area contributed by atoms with E-state index in [4.69, 9.17) is 23.2 Å². The predicted molar refractivity (Wildman–Crippen MR) is 82.8 cm³/mol. The van der Waals surface area contributed by atoms with Crippen LogP contribution in [0.3, 0.4) is 0 Å². The van der Waals surface area contributed by atoms with Crippen LogP contribution in [0.1, 0.15) is 16.1 Å². The number of fused-ring (bicyclic) bond motifs is 1. The van der Waals surface area contributed by atoms with Gasteiger partial charge in [-0.25, -0.2) is 4.98 Å². The Morgan fingerprint density at radius 1 is 1.14 bits per heavy atom. The van der Waals surface area contributed by atoms with Crippen molar-refractivity contribution in [2.45, 2.75) is 6.54 Å². The number of carbonyl (C=O) groups excluding carboxylic acids is 1. The molecule has 0 atom stereocenters. The molecule has 0 aliphatic rings. The summed E-state index contributed by atoms with van der Waals surface area (Å²) in [6.07, 6.45) is 1.80. The number of hydrogen-bond acceptors (Lipinski definition) is 2. The van der Waals surface area contributed by atoms with Crippen molar-refractivity contribution < 1.29 is 4.79 Å². The molecular formula is C15H11Cl2N3O. The van der Waals surface area contributed by atoms with E-state index in [1.54, 1.807) is 40.9 Å². The van der Waals surface area contributed by atoms with Gasteiger partial charge in [0, 0.05) is 6.20 Å². The minimum Gasteiger partial charge on any atom is -0.346 e. The van der Waals surface area contributed by atoms with Gasteiger partial charge in [-0.3, -0.25) is 9.20 Å². The first-order valence-electron chi connectivity index (χ1n) is 6.30. The lowest BCUT2D eigenvalue weighted by Crippen LogP contribution is -2.23. The maximum atomic E-state index is 12.1. The van der Waals surface area contributed by atoms with Gasteiger partial charge in [-0.2, -0.15) is 0 Å². The zero-order valence-electron chi connectivity index (χ0n) is 10.9. The minimum absolute atomic E-state index is 0.233. The van der Waals surface area contributed by atoms with E-state index in [2.05, 4.69) is 10.3 Å². The molecule has 0 saturated carbocycles.